The van der Waals surface area contributed by atoms with Crippen LogP contribution in [0.1, 0.15) is 47.0 Å². The van der Waals surface area contributed by atoms with Gasteiger partial charge in [0.2, 0.25) is 0 Å². The van der Waals surface area contributed by atoms with E-state index in [2.05, 4.69) is 37.9 Å². The molecule has 2 nitrogen and oxygen atoms in total. The lowest BCUT2D eigenvalue weighted by Gasteiger charge is -2.25. The van der Waals surface area contributed by atoms with Crippen LogP contribution in [0.5, 0.6) is 0 Å². The standard InChI is InChI=1S/C15H32N2/c1-5-8-17(12-15-6-7-15)11-14(4)10-16-9-13(2)3/h13-16H,5-12H2,1-4H3. The molecule has 17 heavy (non-hydrogen) atoms. The second kappa shape index (κ2) is 8.10. The molecule has 2 heteroatoms. The van der Waals surface area contributed by atoms with Gasteiger partial charge in [-0.05, 0) is 56.7 Å². The average molecular weight is 240 g/mol. The summed E-state index contributed by atoms with van der Waals surface area (Å²) in [4.78, 5) is 2.68. The first-order valence-corrected chi connectivity index (χ1v) is 7.54. The summed E-state index contributed by atoms with van der Waals surface area (Å²) in [5.41, 5.74) is 0. The molecule has 1 N–H and O–H groups in total. The maximum absolute atomic E-state index is 3.57. The second-order valence-electron chi connectivity index (χ2n) is 6.36. The molecule has 0 aromatic rings. The van der Waals surface area contributed by atoms with Crippen molar-refractivity contribution in [1.29, 1.82) is 0 Å². The van der Waals surface area contributed by atoms with Crippen LogP contribution in [0.15, 0.2) is 0 Å². The Labute approximate surface area is 108 Å². The van der Waals surface area contributed by atoms with Crippen molar-refractivity contribution >= 4 is 0 Å². The molecule has 0 heterocycles. The Balaban J connectivity index is 2.12. The van der Waals surface area contributed by atoms with Gasteiger partial charge >= 0.3 is 0 Å². The minimum absolute atomic E-state index is 0.764. The van der Waals surface area contributed by atoms with Crippen LogP contribution in [0.2, 0.25) is 0 Å². The third-order valence-corrected chi connectivity index (χ3v) is 3.37. The molecule has 0 aliphatic heterocycles. The summed E-state index contributed by atoms with van der Waals surface area (Å²) < 4.78 is 0. The number of rotatable bonds is 10. The van der Waals surface area contributed by atoms with Crippen molar-refractivity contribution in [3.8, 4) is 0 Å². The smallest absolute Gasteiger partial charge is 0.00193 e. The fourth-order valence-electron chi connectivity index (χ4n) is 2.36. The summed E-state index contributed by atoms with van der Waals surface area (Å²) in [5.74, 6) is 2.57. The Morgan fingerprint density at radius 3 is 2.41 bits per heavy atom. The van der Waals surface area contributed by atoms with Gasteiger partial charge in [0.25, 0.3) is 0 Å². The molecule has 0 bridgehead atoms. The lowest BCUT2D eigenvalue weighted by atomic mass is 10.1. The fraction of sp³-hybridized carbons (Fsp3) is 1.00. The quantitative estimate of drug-likeness (QED) is 0.631. The van der Waals surface area contributed by atoms with Crippen LogP contribution in [-0.4, -0.2) is 37.6 Å². The minimum Gasteiger partial charge on any atom is -0.316 e. The maximum Gasteiger partial charge on any atom is 0.00193 e. The zero-order valence-corrected chi connectivity index (χ0v) is 12.3. The van der Waals surface area contributed by atoms with Crippen molar-refractivity contribution in [2.45, 2.75) is 47.0 Å². The lowest BCUT2D eigenvalue weighted by molar-refractivity contribution is 0.225. The van der Waals surface area contributed by atoms with Gasteiger partial charge in [0.05, 0.1) is 0 Å². The predicted molar refractivity (Wildman–Crippen MR) is 76.3 cm³/mol. The normalized spacial score (nSPS) is 18.0. The number of nitrogens with one attached hydrogen (secondary N) is 1. The van der Waals surface area contributed by atoms with Crippen LogP contribution in [0, 0.1) is 17.8 Å². The number of nitrogens with zero attached hydrogens (tertiary/aromatic N) is 1. The highest BCUT2D eigenvalue weighted by molar-refractivity contribution is 4.78. The molecule has 0 aromatic carbocycles. The first kappa shape index (κ1) is 15.0. The molecule has 1 rings (SSSR count). The van der Waals surface area contributed by atoms with E-state index < -0.39 is 0 Å². The monoisotopic (exact) mass is 240 g/mol. The van der Waals surface area contributed by atoms with E-state index in [1.165, 1.54) is 45.4 Å². The highest BCUT2D eigenvalue weighted by Gasteiger charge is 2.24. The van der Waals surface area contributed by atoms with E-state index in [1.807, 2.05) is 0 Å². The SMILES string of the molecule is CCCN(CC(C)CNCC(C)C)CC1CC1. The van der Waals surface area contributed by atoms with Crippen LogP contribution >= 0.6 is 0 Å². The molecule has 1 saturated carbocycles. The van der Waals surface area contributed by atoms with Crippen LogP contribution in [-0.2, 0) is 0 Å². The van der Waals surface area contributed by atoms with Gasteiger partial charge in [0.15, 0.2) is 0 Å². The van der Waals surface area contributed by atoms with E-state index in [1.54, 1.807) is 0 Å². The van der Waals surface area contributed by atoms with Crippen molar-refractivity contribution < 1.29 is 0 Å². The van der Waals surface area contributed by atoms with Crippen molar-refractivity contribution in [3.63, 3.8) is 0 Å². The molecular weight excluding hydrogens is 208 g/mol. The molecule has 1 aliphatic rings. The Kier molecular flexibility index (Phi) is 7.14. The van der Waals surface area contributed by atoms with Gasteiger partial charge in [-0.1, -0.05) is 27.7 Å². The summed E-state index contributed by atoms with van der Waals surface area (Å²) in [6, 6.07) is 0. The number of hydrogen-bond donors (Lipinski definition) is 1. The van der Waals surface area contributed by atoms with Gasteiger partial charge in [0, 0.05) is 13.1 Å². The van der Waals surface area contributed by atoms with E-state index in [9.17, 15) is 0 Å². The van der Waals surface area contributed by atoms with Gasteiger partial charge in [-0.15, -0.1) is 0 Å². The fourth-order valence-corrected chi connectivity index (χ4v) is 2.36. The molecule has 0 amide bonds. The largest absolute Gasteiger partial charge is 0.316 e. The van der Waals surface area contributed by atoms with Crippen LogP contribution in [0.25, 0.3) is 0 Å². The predicted octanol–water partition coefficient (Wildman–Crippen LogP) is 2.99. The highest BCUT2D eigenvalue weighted by Crippen LogP contribution is 2.29. The Bertz CT molecular complexity index is 187. The van der Waals surface area contributed by atoms with Crippen molar-refractivity contribution in [1.82, 2.24) is 10.2 Å². The van der Waals surface area contributed by atoms with Crippen LogP contribution in [0.4, 0.5) is 0 Å². The minimum atomic E-state index is 0.764. The molecule has 0 spiro atoms. The third-order valence-electron chi connectivity index (χ3n) is 3.37. The average Bonchev–Trinajstić information content (AvgIpc) is 3.01. The molecule has 0 saturated heterocycles. The molecule has 1 aliphatic carbocycles. The molecule has 0 aromatic heterocycles. The molecule has 1 atom stereocenters. The van der Waals surface area contributed by atoms with E-state index in [0.29, 0.717) is 0 Å². The Morgan fingerprint density at radius 2 is 1.88 bits per heavy atom. The second-order valence-corrected chi connectivity index (χ2v) is 6.36. The van der Waals surface area contributed by atoms with Crippen LogP contribution in [0.3, 0.4) is 0 Å². The van der Waals surface area contributed by atoms with Gasteiger partial charge in [0.1, 0.15) is 0 Å². The Hall–Kier alpha value is -0.0800. The maximum atomic E-state index is 3.57. The number of hydrogen-bond acceptors (Lipinski definition) is 2. The lowest BCUT2D eigenvalue weighted by Crippen LogP contribution is -2.36. The van der Waals surface area contributed by atoms with Gasteiger partial charge < -0.3 is 10.2 Å². The topological polar surface area (TPSA) is 15.3 Å². The molecule has 0 radical (unpaired) electrons. The van der Waals surface area contributed by atoms with E-state index in [4.69, 9.17) is 0 Å². The van der Waals surface area contributed by atoms with Crippen LogP contribution < -0.4 is 5.32 Å². The van der Waals surface area contributed by atoms with Crippen molar-refractivity contribution in [3.05, 3.63) is 0 Å². The van der Waals surface area contributed by atoms with Gasteiger partial charge in [-0.2, -0.15) is 0 Å². The Morgan fingerprint density at radius 1 is 1.18 bits per heavy atom. The molecule has 1 unspecified atom stereocenters. The summed E-state index contributed by atoms with van der Waals surface area (Å²) in [6.07, 6.45) is 4.24. The first-order chi connectivity index (χ1) is 8.11. The third kappa shape index (κ3) is 7.77. The first-order valence-electron chi connectivity index (χ1n) is 7.54. The highest BCUT2D eigenvalue weighted by atomic mass is 15.1. The molecule has 1 fully saturated rings. The summed E-state index contributed by atoms with van der Waals surface area (Å²) in [5, 5.41) is 3.57. The molecular formula is C15H32N2. The van der Waals surface area contributed by atoms with Crippen molar-refractivity contribution in [2.75, 3.05) is 32.7 Å². The van der Waals surface area contributed by atoms with Gasteiger partial charge in [-0.3, -0.25) is 0 Å². The van der Waals surface area contributed by atoms with Gasteiger partial charge in [-0.25, -0.2) is 0 Å². The van der Waals surface area contributed by atoms with E-state index in [0.717, 1.165) is 24.3 Å². The summed E-state index contributed by atoms with van der Waals surface area (Å²) in [7, 11) is 0. The summed E-state index contributed by atoms with van der Waals surface area (Å²) >= 11 is 0. The zero-order chi connectivity index (χ0) is 12.7. The van der Waals surface area contributed by atoms with Crippen molar-refractivity contribution in [2.24, 2.45) is 17.8 Å². The summed E-state index contributed by atoms with van der Waals surface area (Å²) in [6.45, 7) is 15.4. The zero-order valence-electron chi connectivity index (χ0n) is 12.3. The molecule has 102 valence electrons. The van der Waals surface area contributed by atoms with E-state index >= 15 is 0 Å². The van der Waals surface area contributed by atoms with E-state index in [-0.39, 0.29) is 0 Å².